The van der Waals surface area contributed by atoms with E-state index < -0.39 is 17.8 Å². The minimum absolute atomic E-state index is 0.297. The van der Waals surface area contributed by atoms with Crippen LogP contribution in [0.2, 0.25) is 0 Å². The van der Waals surface area contributed by atoms with Crippen LogP contribution in [0.5, 0.6) is 0 Å². The summed E-state index contributed by atoms with van der Waals surface area (Å²) < 4.78 is 4.91. The molecule has 1 N–H and O–H groups in total. The molecule has 1 aliphatic rings. The average Bonchev–Trinajstić information content (AvgIpc) is 2.78. The Morgan fingerprint density at radius 2 is 2.08 bits per heavy atom. The van der Waals surface area contributed by atoms with Gasteiger partial charge in [0.05, 0.1) is 18.4 Å². The summed E-state index contributed by atoms with van der Waals surface area (Å²) in [7, 11) is 0. The van der Waals surface area contributed by atoms with E-state index in [2.05, 4.69) is 0 Å². The molecule has 0 saturated heterocycles. The fourth-order valence-corrected chi connectivity index (χ4v) is 1.08. The lowest BCUT2D eigenvalue weighted by atomic mass is 10.2. The van der Waals surface area contributed by atoms with E-state index in [9.17, 15) is 9.59 Å². The Bertz CT molecular complexity index is 222. The first kappa shape index (κ1) is 10.0. The number of carbonyl (C=O) groups excluding carboxylic acids is 1. The Morgan fingerprint density at radius 3 is 2.46 bits per heavy atom. The van der Waals surface area contributed by atoms with Crippen molar-refractivity contribution in [2.45, 2.75) is 20.3 Å². The Balaban J connectivity index is 2.24. The molecule has 0 aromatic heterocycles. The molecule has 0 amide bonds. The highest BCUT2D eigenvalue weighted by molar-refractivity contribution is 5.86. The van der Waals surface area contributed by atoms with Gasteiger partial charge in [-0.2, -0.15) is 0 Å². The van der Waals surface area contributed by atoms with Crippen molar-refractivity contribution in [2.24, 2.45) is 17.8 Å². The molecule has 0 spiro atoms. The van der Waals surface area contributed by atoms with E-state index in [4.69, 9.17) is 9.84 Å². The summed E-state index contributed by atoms with van der Waals surface area (Å²) in [5.74, 6) is -1.85. The van der Waals surface area contributed by atoms with Gasteiger partial charge in [-0.15, -0.1) is 0 Å². The summed E-state index contributed by atoms with van der Waals surface area (Å²) in [6.07, 6.45) is 0.437. The highest BCUT2D eigenvalue weighted by Gasteiger charge is 2.49. The van der Waals surface area contributed by atoms with Crippen LogP contribution in [0.15, 0.2) is 0 Å². The maximum Gasteiger partial charge on any atom is 0.309 e. The van der Waals surface area contributed by atoms with E-state index in [0.717, 1.165) is 0 Å². The fraction of sp³-hybridized carbons (Fsp3) is 0.778. The maximum absolute atomic E-state index is 11.1. The van der Waals surface area contributed by atoms with Crippen molar-refractivity contribution in [3.63, 3.8) is 0 Å². The number of rotatable bonds is 4. The van der Waals surface area contributed by atoms with Gasteiger partial charge in [-0.3, -0.25) is 9.59 Å². The number of carboxylic acids is 1. The molecule has 0 aliphatic heterocycles. The Labute approximate surface area is 76.9 Å². The van der Waals surface area contributed by atoms with Crippen LogP contribution < -0.4 is 0 Å². The average molecular weight is 186 g/mol. The summed E-state index contributed by atoms with van der Waals surface area (Å²) in [5, 5.41) is 8.54. The van der Waals surface area contributed by atoms with E-state index >= 15 is 0 Å². The fourth-order valence-electron chi connectivity index (χ4n) is 1.08. The quantitative estimate of drug-likeness (QED) is 0.663. The number of aliphatic carboxylic acids is 1. The third-order valence-electron chi connectivity index (χ3n) is 1.97. The van der Waals surface area contributed by atoms with Crippen molar-refractivity contribution < 1.29 is 19.4 Å². The van der Waals surface area contributed by atoms with Gasteiger partial charge in [0.25, 0.3) is 0 Å². The molecule has 0 aromatic carbocycles. The molecule has 13 heavy (non-hydrogen) atoms. The van der Waals surface area contributed by atoms with Gasteiger partial charge in [0, 0.05) is 0 Å². The van der Waals surface area contributed by atoms with Gasteiger partial charge in [-0.25, -0.2) is 0 Å². The zero-order chi connectivity index (χ0) is 10.0. The minimum Gasteiger partial charge on any atom is -0.481 e. The summed E-state index contributed by atoms with van der Waals surface area (Å²) in [6.45, 7) is 4.26. The van der Waals surface area contributed by atoms with E-state index in [1.165, 1.54) is 0 Å². The Kier molecular flexibility index (Phi) is 2.90. The van der Waals surface area contributed by atoms with E-state index in [0.29, 0.717) is 18.9 Å². The van der Waals surface area contributed by atoms with Crippen molar-refractivity contribution in [2.75, 3.05) is 6.61 Å². The summed E-state index contributed by atoms with van der Waals surface area (Å²) in [6, 6.07) is 0. The Morgan fingerprint density at radius 1 is 1.46 bits per heavy atom. The van der Waals surface area contributed by atoms with Gasteiger partial charge in [0.2, 0.25) is 0 Å². The van der Waals surface area contributed by atoms with Crippen LogP contribution >= 0.6 is 0 Å². The van der Waals surface area contributed by atoms with Crippen LogP contribution in [0, 0.1) is 17.8 Å². The van der Waals surface area contributed by atoms with Crippen LogP contribution in [0.4, 0.5) is 0 Å². The van der Waals surface area contributed by atoms with E-state index in [1.54, 1.807) is 0 Å². The molecular formula is C9H14O4. The maximum atomic E-state index is 11.1. The highest BCUT2D eigenvalue weighted by atomic mass is 16.5. The lowest BCUT2D eigenvalue weighted by Crippen LogP contribution is -2.14. The molecular weight excluding hydrogens is 172 g/mol. The molecule has 74 valence electrons. The van der Waals surface area contributed by atoms with Gasteiger partial charge >= 0.3 is 11.9 Å². The largest absolute Gasteiger partial charge is 0.481 e. The molecule has 0 heterocycles. The second-order valence-corrected chi connectivity index (χ2v) is 3.81. The Hall–Kier alpha value is -1.06. The van der Waals surface area contributed by atoms with Gasteiger partial charge in [-0.05, 0) is 12.3 Å². The number of carbonyl (C=O) groups is 2. The van der Waals surface area contributed by atoms with Gasteiger partial charge in [-0.1, -0.05) is 13.8 Å². The molecule has 2 atom stereocenters. The van der Waals surface area contributed by atoms with Crippen molar-refractivity contribution in [3.8, 4) is 0 Å². The van der Waals surface area contributed by atoms with Gasteiger partial charge in [0.1, 0.15) is 0 Å². The summed E-state index contributed by atoms with van der Waals surface area (Å²) in [5.41, 5.74) is 0. The lowest BCUT2D eigenvalue weighted by Gasteiger charge is -2.05. The van der Waals surface area contributed by atoms with Crippen LogP contribution in [0.1, 0.15) is 20.3 Å². The first-order valence-corrected chi connectivity index (χ1v) is 4.41. The zero-order valence-corrected chi connectivity index (χ0v) is 7.82. The number of hydrogen-bond acceptors (Lipinski definition) is 3. The molecule has 1 aliphatic carbocycles. The lowest BCUT2D eigenvalue weighted by molar-refractivity contribution is -0.149. The molecule has 0 aromatic rings. The molecule has 4 nitrogen and oxygen atoms in total. The number of esters is 1. The van der Waals surface area contributed by atoms with Gasteiger partial charge < -0.3 is 9.84 Å². The second-order valence-electron chi connectivity index (χ2n) is 3.81. The van der Waals surface area contributed by atoms with Crippen molar-refractivity contribution in [1.82, 2.24) is 0 Å². The standard InChI is InChI=1S/C9H14O4/c1-5(2)4-13-9(12)7-3-6(7)8(10)11/h5-7H,3-4H2,1-2H3,(H,10,11)/t6-,7-/m0/s1. The predicted molar refractivity (Wildman–Crippen MR) is 45.0 cm³/mol. The predicted octanol–water partition coefficient (Wildman–Crippen LogP) is 0.906. The SMILES string of the molecule is CC(C)COC(=O)[C@H]1C[C@@H]1C(=O)O. The number of hydrogen-bond donors (Lipinski definition) is 1. The van der Waals surface area contributed by atoms with E-state index in [1.807, 2.05) is 13.8 Å². The summed E-state index contributed by atoms with van der Waals surface area (Å²) in [4.78, 5) is 21.5. The van der Waals surface area contributed by atoms with Crippen LogP contribution in [0.3, 0.4) is 0 Å². The van der Waals surface area contributed by atoms with Crippen molar-refractivity contribution in [1.29, 1.82) is 0 Å². The van der Waals surface area contributed by atoms with Crippen molar-refractivity contribution in [3.05, 3.63) is 0 Å². The third-order valence-corrected chi connectivity index (χ3v) is 1.97. The zero-order valence-electron chi connectivity index (χ0n) is 7.82. The van der Waals surface area contributed by atoms with Crippen LogP contribution in [-0.4, -0.2) is 23.7 Å². The van der Waals surface area contributed by atoms with Gasteiger partial charge in [0.15, 0.2) is 0 Å². The molecule has 0 radical (unpaired) electrons. The molecule has 0 bridgehead atoms. The monoisotopic (exact) mass is 186 g/mol. The molecule has 0 unspecified atom stereocenters. The molecule has 1 saturated carbocycles. The summed E-state index contributed by atoms with van der Waals surface area (Å²) >= 11 is 0. The number of carboxylic acid groups (broad SMARTS) is 1. The molecule has 1 rings (SSSR count). The first-order valence-electron chi connectivity index (χ1n) is 4.41. The topological polar surface area (TPSA) is 63.6 Å². The third kappa shape index (κ3) is 2.72. The van der Waals surface area contributed by atoms with E-state index in [-0.39, 0.29) is 5.97 Å². The molecule has 1 fully saturated rings. The smallest absolute Gasteiger partial charge is 0.309 e. The highest BCUT2D eigenvalue weighted by Crippen LogP contribution is 2.39. The first-order chi connectivity index (χ1) is 6.02. The van der Waals surface area contributed by atoms with Crippen LogP contribution in [-0.2, 0) is 14.3 Å². The molecule has 4 heteroatoms. The van der Waals surface area contributed by atoms with Crippen molar-refractivity contribution >= 4 is 11.9 Å². The number of ether oxygens (including phenoxy) is 1. The normalized spacial score (nSPS) is 25.8. The minimum atomic E-state index is -0.897. The second kappa shape index (κ2) is 3.77. The van der Waals surface area contributed by atoms with Crippen LogP contribution in [0.25, 0.3) is 0 Å².